The highest BCUT2D eigenvalue weighted by Gasteiger charge is 2.38. The van der Waals surface area contributed by atoms with E-state index >= 15 is 0 Å². The minimum Gasteiger partial charge on any atom is -0.483 e. The highest BCUT2D eigenvalue weighted by molar-refractivity contribution is 6.30. The number of halogens is 3. The Morgan fingerprint density at radius 1 is 1.24 bits per heavy atom. The van der Waals surface area contributed by atoms with Crippen molar-refractivity contribution in [1.82, 2.24) is 19.8 Å². The van der Waals surface area contributed by atoms with Crippen LogP contribution in [-0.4, -0.2) is 51.2 Å². The molecule has 1 N–H and O–H groups in total. The van der Waals surface area contributed by atoms with Crippen molar-refractivity contribution in [2.75, 3.05) is 13.2 Å². The lowest BCUT2D eigenvalue weighted by Crippen LogP contribution is -2.50. The summed E-state index contributed by atoms with van der Waals surface area (Å²) in [6.07, 6.45) is 2.95. The van der Waals surface area contributed by atoms with Gasteiger partial charge in [0.25, 0.3) is 11.8 Å². The molecule has 42 heavy (non-hydrogen) atoms. The highest BCUT2D eigenvalue weighted by Crippen LogP contribution is 2.32. The van der Waals surface area contributed by atoms with Crippen LogP contribution in [0.3, 0.4) is 0 Å². The van der Waals surface area contributed by atoms with E-state index in [1.807, 2.05) is 25.1 Å². The summed E-state index contributed by atoms with van der Waals surface area (Å²) >= 11 is 5.63. The molecule has 0 radical (unpaired) electrons. The molecule has 2 bridgehead atoms. The number of fused-ring (bicyclic) bond motifs is 4. The van der Waals surface area contributed by atoms with Crippen LogP contribution in [0.25, 0.3) is 0 Å². The van der Waals surface area contributed by atoms with Gasteiger partial charge in [-0.05, 0) is 19.4 Å². The van der Waals surface area contributed by atoms with Crippen molar-refractivity contribution in [3.05, 3.63) is 92.1 Å². The largest absolute Gasteiger partial charge is 0.483 e. The second kappa shape index (κ2) is 12.3. The smallest absolute Gasteiger partial charge is 0.274 e. The van der Waals surface area contributed by atoms with E-state index in [1.165, 1.54) is 6.20 Å². The predicted octanol–water partition coefficient (Wildman–Crippen LogP) is 4.26. The highest BCUT2D eigenvalue weighted by atomic mass is 35.5. The van der Waals surface area contributed by atoms with E-state index in [4.69, 9.17) is 21.2 Å². The zero-order chi connectivity index (χ0) is 30.0. The Morgan fingerprint density at radius 3 is 2.76 bits per heavy atom. The number of pyridine rings is 2. The standard InChI is InChI=1S/C29H28ClF2N5O5/c1-16-10-19-13-36(17(2)8-9-42-35-16)29(40)25-27(41-15-18-6-4-3-5-7-18)26(38)20(14-37(19)25)28(39)34-12-22-24(32)23(30)21(31)11-33-22/h3-7,11,14,17,19H,8-10,12-13,15H2,1-2H3,(H,34,39)/b35-16-/t17-,19-/m0/s1. The Kier molecular flexibility index (Phi) is 8.53. The summed E-state index contributed by atoms with van der Waals surface area (Å²) in [6.45, 7) is 3.83. The van der Waals surface area contributed by atoms with E-state index in [1.54, 1.807) is 28.5 Å². The maximum absolute atomic E-state index is 14.4. The van der Waals surface area contributed by atoms with Crippen LogP contribution in [0.1, 0.15) is 64.8 Å². The quantitative estimate of drug-likeness (QED) is 0.453. The van der Waals surface area contributed by atoms with Crippen LogP contribution < -0.4 is 15.5 Å². The lowest BCUT2D eigenvalue weighted by molar-refractivity contribution is 0.0494. The van der Waals surface area contributed by atoms with Crippen molar-refractivity contribution >= 4 is 29.1 Å². The van der Waals surface area contributed by atoms with Gasteiger partial charge in [-0.3, -0.25) is 19.4 Å². The molecule has 220 valence electrons. The number of ether oxygens (including phenoxy) is 1. The van der Waals surface area contributed by atoms with Crippen LogP contribution in [0, 0.1) is 11.6 Å². The fraction of sp³-hybridized carbons (Fsp3) is 0.345. The van der Waals surface area contributed by atoms with Crippen LogP contribution in [0.2, 0.25) is 5.02 Å². The lowest BCUT2D eigenvalue weighted by atomic mass is 10.0. The summed E-state index contributed by atoms with van der Waals surface area (Å²) in [5, 5.41) is 5.85. The van der Waals surface area contributed by atoms with Crippen LogP contribution in [-0.2, 0) is 18.0 Å². The van der Waals surface area contributed by atoms with Gasteiger partial charge in [-0.1, -0.05) is 47.1 Å². The minimum atomic E-state index is -1.12. The minimum absolute atomic E-state index is 0.0286. The van der Waals surface area contributed by atoms with Crippen molar-refractivity contribution in [3.63, 3.8) is 0 Å². The lowest BCUT2D eigenvalue weighted by Gasteiger charge is -2.40. The van der Waals surface area contributed by atoms with Crippen molar-refractivity contribution in [1.29, 1.82) is 0 Å². The van der Waals surface area contributed by atoms with Gasteiger partial charge in [-0.2, -0.15) is 0 Å². The fourth-order valence-corrected chi connectivity index (χ4v) is 5.14. The first-order valence-electron chi connectivity index (χ1n) is 13.3. The van der Waals surface area contributed by atoms with E-state index in [9.17, 15) is 23.2 Å². The van der Waals surface area contributed by atoms with Crippen LogP contribution >= 0.6 is 11.6 Å². The molecule has 0 saturated carbocycles. The Balaban J connectivity index is 1.58. The maximum atomic E-state index is 14.4. The third-order valence-corrected chi connectivity index (χ3v) is 7.59. The molecule has 5 rings (SSSR count). The van der Waals surface area contributed by atoms with Crippen LogP contribution in [0.4, 0.5) is 8.78 Å². The summed E-state index contributed by atoms with van der Waals surface area (Å²) in [6, 6.07) is 8.46. The first-order chi connectivity index (χ1) is 20.2. The molecule has 0 fully saturated rings. The number of oxime groups is 1. The molecule has 2 amide bonds. The molecule has 0 saturated heterocycles. The molecule has 4 heterocycles. The number of hydrogen-bond acceptors (Lipinski definition) is 7. The van der Waals surface area contributed by atoms with Gasteiger partial charge in [-0.15, -0.1) is 0 Å². The molecule has 0 spiro atoms. The average molecular weight is 600 g/mol. The Hall–Kier alpha value is -4.32. The first kappa shape index (κ1) is 29.2. The van der Waals surface area contributed by atoms with E-state index in [2.05, 4.69) is 15.5 Å². The van der Waals surface area contributed by atoms with Crippen molar-refractivity contribution in [2.24, 2.45) is 5.16 Å². The molecule has 2 aliphatic heterocycles. The van der Waals surface area contributed by atoms with Crippen molar-refractivity contribution in [3.8, 4) is 5.75 Å². The molecule has 10 nitrogen and oxygen atoms in total. The van der Waals surface area contributed by atoms with Crippen LogP contribution in [0.15, 0.2) is 52.7 Å². The molecule has 2 atom stereocenters. The van der Waals surface area contributed by atoms with E-state index in [-0.39, 0.29) is 35.3 Å². The summed E-state index contributed by atoms with van der Waals surface area (Å²) < 4.78 is 35.5. The summed E-state index contributed by atoms with van der Waals surface area (Å²) in [4.78, 5) is 51.7. The van der Waals surface area contributed by atoms with Gasteiger partial charge in [0.2, 0.25) is 5.43 Å². The first-order valence-corrected chi connectivity index (χ1v) is 13.7. The number of carbonyl (C=O) groups is 2. The Labute approximate surface area is 244 Å². The monoisotopic (exact) mass is 599 g/mol. The third kappa shape index (κ3) is 5.85. The van der Waals surface area contributed by atoms with Crippen LogP contribution in [0.5, 0.6) is 5.75 Å². The van der Waals surface area contributed by atoms with E-state index < -0.39 is 46.5 Å². The molecule has 3 aromatic rings. The van der Waals surface area contributed by atoms with Crippen molar-refractivity contribution in [2.45, 2.75) is 51.9 Å². The van der Waals surface area contributed by atoms with Gasteiger partial charge < -0.3 is 24.4 Å². The number of benzene rings is 1. The third-order valence-electron chi connectivity index (χ3n) is 7.24. The zero-order valence-corrected chi connectivity index (χ0v) is 23.7. The van der Waals surface area contributed by atoms with E-state index in [0.29, 0.717) is 31.7 Å². The number of carbonyl (C=O) groups excluding carboxylic acids is 2. The van der Waals surface area contributed by atoms with E-state index in [0.717, 1.165) is 11.8 Å². The number of amides is 2. The van der Waals surface area contributed by atoms with Gasteiger partial charge in [0, 0.05) is 31.6 Å². The molecule has 13 heteroatoms. The van der Waals surface area contributed by atoms with Gasteiger partial charge in [0.1, 0.15) is 23.8 Å². The molecule has 0 aliphatic carbocycles. The second-order valence-corrected chi connectivity index (χ2v) is 10.6. The number of hydrogen-bond donors (Lipinski definition) is 1. The maximum Gasteiger partial charge on any atom is 0.274 e. The fourth-order valence-electron chi connectivity index (χ4n) is 4.98. The second-order valence-electron chi connectivity index (χ2n) is 10.2. The summed E-state index contributed by atoms with van der Waals surface area (Å²) in [7, 11) is 0. The Morgan fingerprint density at radius 2 is 2.00 bits per heavy atom. The summed E-state index contributed by atoms with van der Waals surface area (Å²) in [5.41, 5.74) is 0.00590. The average Bonchev–Trinajstić information content (AvgIpc) is 2.98. The summed E-state index contributed by atoms with van der Waals surface area (Å²) in [5.74, 6) is -3.70. The number of nitrogens with one attached hydrogen (secondary N) is 1. The Bertz CT molecular complexity index is 1610. The molecular weight excluding hydrogens is 572 g/mol. The van der Waals surface area contributed by atoms with Gasteiger partial charge in [0.05, 0.1) is 30.2 Å². The zero-order valence-electron chi connectivity index (χ0n) is 22.9. The molecular formula is C29H28ClF2N5O5. The van der Waals surface area contributed by atoms with Gasteiger partial charge in [-0.25, -0.2) is 8.78 Å². The molecule has 2 aromatic heterocycles. The number of aromatic nitrogens is 2. The normalized spacial score (nSPS) is 19.7. The van der Waals surface area contributed by atoms with Gasteiger partial charge in [0.15, 0.2) is 23.1 Å². The SMILES string of the molecule is C/C1=N/OCC[C@H](C)N2C[C@H](C1)n1cc(C(=O)NCc3ncc(F)c(Cl)c3F)c(=O)c(OCc3ccccc3)c1C2=O. The number of nitrogens with zero attached hydrogens (tertiary/aromatic N) is 4. The number of rotatable bonds is 6. The van der Waals surface area contributed by atoms with Gasteiger partial charge >= 0.3 is 0 Å². The predicted molar refractivity (Wildman–Crippen MR) is 150 cm³/mol. The molecule has 0 unspecified atom stereocenters. The van der Waals surface area contributed by atoms with Crippen molar-refractivity contribution < 1.29 is 27.9 Å². The molecule has 1 aromatic carbocycles. The topological polar surface area (TPSA) is 115 Å². The molecule has 2 aliphatic rings.